The summed E-state index contributed by atoms with van der Waals surface area (Å²) < 4.78 is 2.28. The van der Waals surface area contributed by atoms with Crippen molar-refractivity contribution in [3.8, 4) is 0 Å². The third-order valence-electron chi connectivity index (χ3n) is 1.39. The van der Waals surface area contributed by atoms with E-state index in [2.05, 4.69) is 34.7 Å². The van der Waals surface area contributed by atoms with Crippen LogP contribution in [0.25, 0.3) is 0 Å². The van der Waals surface area contributed by atoms with E-state index in [1.165, 1.54) is 18.4 Å². The zero-order valence-electron chi connectivity index (χ0n) is 5.79. The average Bonchev–Trinajstić information content (AvgIpc) is 2.03. The van der Waals surface area contributed by atoms with Crippen molar-refractivity contribution in [2.45, 2.75) is 12.8 Å². The van der Waals surface area contributed by atoms with Gasteiger partial charge in [0.1, 0.15) is 0 Å². The van der Waals surface area contributed by atoms with Crippen LogP contribution >= 0.6 is 0 Å². The van der Waals surface area contributed by atoms with Crippen LogP contribution in [0.5, 0.6) is 0 Å². The Hall–Kier alpha value is -0.222. The van der Waals surface area contributed by atoms with Crippen LogP contribution in [0.3, 0.4) is 0 Å². The van der Waals surface area contributed by atoms with Crippen molar-refractivity contribution in [2.24, 2.45) is 0 Å². The topological polar surface area (TPSA) is 0 Å². The summed E-state index contributed by atoms with van der Waals surface area (Å²) in [5.41, 5.74) is 1.44. The maximum atomic E-state index is 2.28. The Labute approximate surface area is 72.7 Å². The van der Waals surface area contributed by atoms with Gasteiger partial charge in [-0.05, 0) is 0 Å². The van der Waals surface area contributed by atoms with Crippen LogP contribution in [0.15, 0.2) is 30.3 Å². The molecule has 0 saturated carbocycles. The molecule has 0 aromatic heterocycles. The molecule has 0 heterocycles. The molecule has 0 aliphatic heterocycles. The van der Waals surface area contributed by atoms with Gasteiger partial charge in [0.15, 0.2) is 0 Å². The zero-order valence-corrected chi connectivity index (χ0v) is 8.72. The molecule has 0 amide bonds. The fraction of sp³-hybridized carbons (Fsp3) is 0.222. The van der Waals surface area contributed by atoms with Gasteiger partial charge >= 0.3 is 72.5 Å². The molecule has 0 fully saturated rings. The molecule has 52 valence electrons. The molecule has 0 saturated heterocycles. The van der Waals surface area contributed by atoms with E-state index in [0.717, 1.165) is 0 Å². The van der Waals surface area contributed by atoms with Gasteiger partial charge in [-0.25, -0.2) is 0 Å². The molecule has 0 aliphatic carbocycles. The number of hydrogen-bond donors (Lipinski definition) is 0. The summed E-state index contributed by atoms with van der Waals surface area (Å²) >= 11 is 1.57. The SMILES string of the molecule is [W]=[CH]CCc1ccccc1. The molecule has 0 atom stereocenters. The van der Waals surface area contributed by atoms with Crippen molar-refractivity contribution in [2.75, 3.05) is 0 Å². The van der Waals surface area contributed by atoms with Crippen LogP contribution in [-0.2, 0) is 25.8 Å². The molecule has 0 bridgehead atoms. The second-order valence-electron chi connectivity index (χ2n) is 2.19. The van der Waals surface area contributed by atoms with E-state index in [1.54, 1.807) is 19.4 Å². The third kappa shape index (κ3) is 2.58. The Kier molecular flexibility index (Phi) is 3.60. The number of hydrogen-bond acceptors (Lipinski definition) is 0. The van der Waals surface area contributed by atoms with Gasteiger partial charge in [0.2, 0.25) is 0 Å². The van der Waals surface area contributed by atoms with Crippen LogP contribution < -0.4 is 0 Å². The van der Waals surface area contributed by atoms with E-state index in [1.807, 2.05) is 0 Å². The number of benzene rings is 1. The first-order valence-electron chi connectivity index (χ1n) is 3.41. The molecule has 0 N–H and O–H groups in total. The Morgan fingerprint density at radius 1 is 1.20 bits per heavy atom. The van der Waals surface area contributed by atoms with Crippen molar-refractivity contribution in [3.63, 3.8) is 0 Å². The molecule has 10 heavy (non-hydrogen) atoms. The molecule has 1 aromatic rings. The van der Waals surface area contributed by atoms with Gasteiger partial charge in [0.05, 0.1) is 0 Å². The summed E-state index contributed by atoms with van der Waals surface area (Å²) in [4.78, 5) is 0. The molecule has 0 unspecified atom stereocenters. The van der Waals surface area contributed by atoms with Crippen LogP contribution in [0.4, 0.5) is 0 Å². The zero-order chi connectivity index (χ0) is 7.23. The van der Waals surface area contributed by atoms with Crippen molar-refractivity contribution < 1.29 is 19.4 Å². The van der Waals surface area contributed by atoms with Crippen LogP contribution in [-0.4, -0.2) is 4.40 Å². The van der Waals surface area contributed by atoms with Crippen molar-refractivity contribution >= 4 is 4.40 Å². The fourth-order valence-electron chi connectivity index (χ4n) is 0.870. The molecule has 1 rings (SSSR count). The minimum atomic E-state index is 1.20. The molecule has 0 spiro atoms. The van der Waals surface area contributed by atoms with E-state index in [4.69, 9.17) is 0 Å². The van der Waals surface area contributed by atoms with Crippen LogP contribution in [0.2, 0.25) is 0 Å². The van der Waals surface area contributed by atoms with Crippen LogP contribution in [0, 0.1) is 0 Å². The molecule has 1 heteroatoms. The van der Waals surface area contributed by atoms with Gasteiger partial charge in [0, 0.05) is 0 Å². The number of aryl methyl sites for hydroxylation is 1. The first-order chi connectivity index (χ1) is 4.93. The molecular weight excluding hydrogens is 292 g/mol. The summed E-state index contributed by atoms with van der Waals surface area (Å²) in [6, 6.07) is 10.6. The van der Waals surface area contributed by atoms with Gasteiger partial charge in [-0.3, -0.25) is 0 Å². The quantitative estimate of drug-likeness (QED) is 0.801. The standard InChI is InChI=1S/C9H10.W/c1-2-6-9-7-4-3-5-8-9;/h1,3-5,7-8H,2,6H2;. The van der Waals surface area contributed by atoms with Gasteiger partial charge in [-0.1, -0.05) is 0 Å². The van der Waals surface area contributed by atoms with Crippen molar-refractivity contribution in [1.29, 1.82) is 0 Å². The first kappa shape index (κ1) is 7.88. The predicted molar refractivity (Wildman–Crippen MR) is 40.8 cm³/mol. The number of rotatable bonds is 3. The van der Waals surface area contributed by atoms with E-state index in [-0.39, 0.29) is 0 Å². The van der Waals surface area contributed by atoms with Gasteiger partial charge in [0.25, 0.3) is 0 Å². The Morgan fingerprint density at radius 3 is 2.50 bits per heavy atom. The van der Waals surface area contributed by atoms with E-state index < -0.39 is 0 Å². The Bertz CT molecular complexity index is 191. The second kappa shape index (κ2) is 4.57. The monoisotopic (exact) mass is 302 g/mol. The van der Waals surface area contributed by atoms with E-state index >= 15 is 0 Å². The maximum absolute atomic E-state index is 2.28. The van der Waals surface area contributed by atoms with Gasteiger partial charge in [-0.2, -0.15) is 0 Å². The summed E-state index contributed by atoms with van der Waals surface area (Å²) in [7, 11) is 0. The summed E-state index contributed by atoms with van der Waals surface area (Å²) in [6.07, 6.45) is 2.42. The molecule has 0 radical (unpaired) electrons. The Morgan fingerprint density at radius 2 is 1.90 bits per heavy atom. The Balaban J connectivity index is 2.50. The predicted octanol–water partition coefficient (Wildman–Crippen LogP) is 1.97. The summed E-state index contributed by atoms with van der Waals surface area (Å²) in [5.74, 6) is 0. The van der Waals surface area contributed by atoms with Gasteiger partial charge < -0.3 is 0 Å². The first-order valence-corrected chi connectivity index (χ1v) is 5.10. The van der Waals surface area contributed by atoms with Crippen LogP contribution in [0.1, 0.15) is 12.0 Å². The van der Waals surface area contributed by atoms with E-state index in [9.17, 15) is 0 Å². The molecule has 0 nitrogen and oxygen atoms in total. The normalized spacial score (nSPS) is 9.20. The second-order valence-corrected chi connectivity index (χ2v) is 3.39. The fourth-order valence-corrected chi connectivity index (χ4v) is 1.29. The van der Waals surface area contributed by atoms with Crippen molar-refractivity contribution in [3.05, 3.63) is 35.9 Å². The average molecular weight is 302 g/mol. The van der Waals surface area contributed by atoms with E-state index in [0.29, 0.717) is 0 Å². The third-order valence-corrected chi connectivity index (χ3v) is 2.24. The molecular formula is C9H10W. The summed E-state index contributed by atoms with van der Waals surface area (Å²) in [5, 5.41) is 0. The van der Waals surface area contributed by atoms with Crippen molar-refractivity contribution in [1.82, 2.24) is 0 Å². The summed E-state index contributed by atoms with van der Waals surface area (Å²) in [6.45, 7) is 0. The minimum absolute atomic E-state index is 1.20. The van der Waals surface area contributed by atoms with Gasteiger partial charge in [-0.15, -0.1) is 0 Å². The molecule has 0 aliphatic rings. The molecule has 1 aromatic carbocycles.